The number of anilines is 3. The van der Waals surface area contributed by atoms with Crippen LogP contribution >= 0.6 is 0 Å². The Hall–Kier alpha value is -3.80. The lowest BCUT2D eigenvalue weighted by Crippen LogP contribution is -2.28. The van der Waals surface area contributed by atoms with E-state index in [1.807, 2.05) is 9.47 Å². The minimum absolute atomic E-state index is 0.0566. The third-order valence-electron chi connectivity index (χ3n) is 5.57. The predicted octanol–water partition coefficient (Wildman–Crippen LogP) is 1.62. The molecule has 2 aromatic heterocycles. The normalized spacial score (nSPS) is 13.4. The van der Waals surface area contributed by atoms with Crippen molar-refractivity contribution in [1.82, 2.24) is 24.4 Å². The van der Waals surface area contributed by atoms with Crippen molar-refractivity contribution in [2.24, 2.45) is 0 Å². The molecule has 1 saturated heterocycles. The molecule has 1 amide bonds. The third-order valence-corrected chi connectivity index (χ3v) is 5.57. The number of aliphatic hydroxyl groups excluding tert-OH is 1. The highest BCUT2D eigenvalue weighted by Crippen LogP contribution is 2.40. The van der Waals surface area contributed by atoms with Crippen molar-refractivity contribution in [1.29, 1.82) is 0 Å². The lowest BCUT2D eigenvalue weighted by Gasteiger charge is -2.16. The lowest BCUT2D eigenvalue weighted by atomic mass is 10.2. The van der Waals surface area contributed by atoms with E-state index in [1.54, 1.807) is 39.8 Å². The maximum atomic E-state index is 12.0. The number of carbonyl (C=O) groups excluding carboxylic acids is 1. The van der Waals surface area contributed by atoms with E-state index in [4.69, 9.17) is 14.2 Å². The Morgan fingerprint density at radius 2 is 1.85 bits per heavy atom. The molecule has 0 spiro atoms. The van der Waals surface area contributed by atoms with Crippen LogP contribution in [0.1, 0.15) is 12.8 Å². The minimum Gasteiger partial charge on any atom is -0.493 e. The fourth-order valence-corrected chi connectivity index (χ4v) is 3.91. The Labute approximate surface area is 196 Å². The fraction of sp³-hybridized carbons (Fsp3) is 0.455. The van der Waals surface area contributed by atoms with Crippen LogP contribution in [-0.2, 0) is 11.3 Å². The van der Waals surface area contributed by atoms with E-state index in [-0.39, 0.29) is 12.5 Å². The largest absolute Gasteiger partial charge is 0.493 e. The second-order valence-electron chi connectivity index (χ2n) is 7.68. The third kappa shape index (κ3) is 4.76. The van der Waals surface area contributed by atoms with Crippen molar-refractivity contribution in [2.45, 2.75) is 19.4 Å². The van der Waals surface area contributed by atoms with E-state index in [0.29, 0.717) is 71.9 Å². The van der Waals surface area contributed by atoms with E-state index in [9.17, 15) is 9.90 Å². The monoisotopic (exact) mass is 471 g/mol. The number of aliphatic hydroxyl groups is 1. The first kappa shape index (κ1) is 23.4. The SMILES string of the molecule is COc1cc(Nc2nc(NCCO)c3ncn(CCN4CCCC4=O)c3n2)cc(OC)c1OC. The maximum Gasteiger partial charge on any atom is 0.231 e. The van der Waals surface area contributed by atoms with E-state index in [2.05, 4.69) is 25.6 Å². The summed E-state index contributed by atoms with van der Waals surface area (Å²) in [5.74, 6) is 2.45. The number of likely N-dealkylation sites (tertiary alicyclic amines) is 1. The number of methoxy groups -OCH3 is 3. The average Bonchev–Trinajstić information content (AvgIpc) is 3.45. The summed E-state index contributed by atoms with van der Waals surface area (Å²) in [6.07, 6.45) is 3.18. The van der Waals surface area contributed by atoms with Crippen molar-refractivity contribution in [3.8, 4) is 17.2 Å². The quantitative estimate of drug-likeness (QED) is 0.378. The molecule has 3 N–H and O–H groups in total. The summed E-state index contributed by atoms with van der Waals surface area (Å²) in [5.41, 5.74) is 1.82. The highest BCUT2D eigenvalue weighted by molar-refractivity contribution is 5.85. The van der Waals surface area contributed by atoms with Crippen LogP contribution in [-0.4, -0.2) is 83.0 Å². The zero-order valence-electron chi connectivity index (χ0n) is 19.5. The standard InChI is InChI=1S/C22H29N7O5/c1-32-15-11-14(12-16(33-2)19(15)34-3)25-22-26-20(23-6-10-30)18-21(27-22)29(13-24-18)9-8-28-7-4-5-17(28)31/h11-13,30H,4-10H2,1-3H3,(H2,23,25,26,27). The lowest BCUT2D eigenvalue weighted by molar-refractivity contribution is -0.127. The molecule has 0 saturated carbocycles. The Balaban J connectivity index is 1.67. The molecule has 3 aromatic rings. The Kier molecular flexibility index (Phi) is 7.16. The number of ether oxygens (including phenoxy) is 3. The van der Waals surface area contributed by atoms with Gasteiger partial charge < -0.3 is 39.4 Å². The van der Waals surface area contributed by atoms with Crippen LogP contribution in [0.3, 0.4) is 0 Å². The molecule has 4 rings (SSSR count). The summed E-state index contributed by atoms with van der Waals surface area (Å²) in [6, 6.07) is 3.51. The van der Waals surface area contributed by atoms with Gasteiger partial charge in [-0.25, -0.2) is 4.98 Å². The number of hydrogen-bond donors (Lipinski definition) is 3. The van der Waals surface area contributed by atoms with Gasteiger partial charge in [0.2, 0.25) is 17.6 Å². The molecule has 0 unspecified atom stereocenters. The molecule has 182 valence electrons. The van der Waals surface area contributed by atoms with Gasteiger partial charge in [0.15, 0.2) is 28.5 Å². The number of aromatic nitrogens is 4. The van der Waals surface area contributed by atoms with Gasteiger partial charge in [-0.1, -0.05) is 0 Å². The molecule has 0 bridgehead atoms. The predicted molar refractivity (Wildman–Crippen MR) is 126 cm³/mol. The summed E-state index contributed by atoms with van der Waals surface area (Å²) >= 11 is 0. The van der Waals surface area contributed by atoms with Crippen molar-refractivity contribution < 1.29 is 24.1 Å². The highest BCUT2D eigenvalue weighted by Gasteiger charge is 2.21. The molecule has 1 aromatic carbocycles. The second kappa shape index (κ2) is 10.4. The van der Waals surface area contributed by atoms with Gasteiger partial charge in [-0.15, -0.1) is 0 Å². The zero-order valence-corrected chi connectivity index (χ0v) is 19.5. The first-order valence-corrected chi connectivity index (χ1v) is 11.0. The number of nitrogens with zero attached hydrogens (tertiary/aromatic N) is 5. The molecule has 12 nitrogen and oxygen atoms in total. The first-order chi connectivity index (χ1) is 16.6. The van der Waals surface area contributed by atoms with Crippen molar-refractivity contribution in [2.75, 3.05) is 58.2 Å². The number of carbonyl (C=O) groups is 1. The van der Waals surface area contributed by atoms with Gasteiger partial charge in [0.05, 0.1) is 34.3 Å². The molecule has 1 fully saturated rings. The average molecular weight is 472 g/mol. The summed E-state index contributed by atoms with van der Waals surface area (Å²) < 4.78 is 18.1. The molecule has 1 aliphatic heterocycles. The van der Waals surface area contributed by atoms with Gasteiger partial charge in [0, 0.05) is 50.4 Å². The van der Waals surface area contributed by atoms with Gasteiger partial charge in [-0.05, 0) is 6.42 Å². The number of rotatable bonds is 11. The number of benzene rings is 1. The van der Waals surface area contributed by atoms with Crippen LogP contribution in [0.2, 0.25) is 0 Å². The molecule has 34 heavy (non-hydrogen) atoms. The van der Waals surface area contributed by atoms with E-state index in [1.165, 1.54) is 0 Å². The summed E-state index contributed by atoms with van der Waals surface area (Å²) in [7, 11) is 4.63. The van der Waals surface area contributed by atoms with Crippen molar-refractivity contribution in [3.05, 3.63) is 18.5 Å². The number of fused-ring (bicyclic) bond motifs is 1. The van der Waals surface area contributed by atoms with Gasteiger partial charge in [-0.2, -0.15) is 9.97 Å². The zero-order chi connectivity index (χ0) is 24.1. The second-order valence-corrected chi connectivity index (χ2v) is 7.68. The number of hydrogen-bond acceptors (Lipinski definition) is 10. The van der Waals surface area contributed by atoms with Gasteiger partial charge >= 0.3 is 0 Å². The van der Waals surface area contributed by atoms with Crippen LogP contribution in [0.5, 0.6) is 17.2 Å². The Morgan fingerprint density at radius 1 is 1.09 bits per heavy atom. The molecule has 1 aliphatic rings. The summed E-state index contributed by atoms with van der Waals surface area (Å²) in [4.78, 5) is 27.5. The van der Waals surface area contributed by atoms with Crippen molar-refractivity contribution in [3.63, 3.8) is 0 Å². The van der Waals surface area contributed by atoms with Gasteiger partial charge in [0.1, 0.15) is 0 Å². The van der Waals surface area contributed by atoms with E-state index < -0.39 is 0 Å². The summed E-state index contributed by atoms with van der Waals surface area (Å²) in [5, 5.41) is 15.6. The number of amides is 1. The smallest absolute Gasteiger partial charge is 0.231 e. The van der Waals surface area contributed by atoms with E-state index in [0.717, 1.165) is 13.0 Å². The van der Waals surface area contributed by atoms with Crippen LogP contribution < -0.4 is 24.8 Å². The van der Waals surface area contributed by atoms with Crippen LogP contribution in [0, 0.1) is 0 Å². The number of nitrogens with one attached hydrogen (secondary N) is 2. The molecule has 3 heterocycles. The first-order valence-electron chi connectivity index (χ1n) is 11.0. The highest BCUT2D eigenvalue weighted by atomic mass is 16.5. The molecule has 0 radical (unpaired) electrons. The van der Waals surface area contributed by atoms with Crippen LogP contribution in [0.25, 0.3) is 11.2 Å². The van der Waals surface area contributed by atoms with Crippen LogP contribution in [0.15, 0.2) is 18.5 Å². The molecular weight excluding hydrogens is 442 g/mol. The Morgan fingerprint density at radius 3 is 2.47 bits per heavy atom. The van der Waals surface area contributed by atoms with Gasteiger partial charge in [0.25, 0.3) is 0 Å². The van der Waals surface area contributed by atoms with E-state index >= 15 is 0 Å². The van der Waals surface area contributed by atoms with Crippen molar-refractivity contribution >= 4 is 34.5 Å². The Bertz CT molecular complexity index is 1140. The van der Waals surface area contributed by atoms with Crippen LogP contribution in [0.4, 0.5) is 17.5 Å². The summed E-state index contributed by atoms with van der Waals surface area (Å²) in [6.45, 7) is 2.17. The molecule has 12 heteroatoms. The maximum absolute atomic E-state index is 12.0. The molecular formula is C22H29N7O5. The fourth-order valence-electron chi connectivity index (χ4n) is 3.91. The molecule has 0 atom stereocenters. The minimum atomic E-state index is -0.0566. The van der Waals surface area contributed by atoms with Gasteiger partial charge in [-0.3, -0.25) is 4.79 Å². The molecule has 0 aliphatic carbocycles. The number of imidazole rings is 1. The topological polar surface area (TPSA) is 136 Å².